The lowest BCUT2D eigenvalue weighted by molar-refractivity contribution is -0.130. The van der Waals surface area contributed by atoms with Crippen LogP contribution < -0.4 is 9.47 Å². The highest BCUT2D eigenvalue weighted by molar-refractivity contribution is 5.88. The molecule has 1 aliphatic rings. The van der Waals surface area contributed by atoms with Gasteiger partial charge in [-0.3, -0.25) is 0 Å². The molecule has 1 aliphatic carbocycles. The van der Waals surface area contributed by atoms with E-state index >= 15 is 0 Å². The number of halogens is 1. The van der Waals surface area contributed by atoms with Crippen molar-refractivity contribution in [1.29, 1.82) is 0 Å². The molecule has 0 amide bonds. The molecule has 3 nitrogen and oxygen atoms in total. The first-order valence-electron chi connectivity index (χ1n) is 9.38. The van der Waals surface area contributed by atoms with Crippen LogP contribution in [0.25, 0.3) is 0 Å². The number of para-hydroxylation sites is 1. The number of esters is 1. The molecule has 0 aromatic heterocycles. The topological polar surface area (TPSA) is 35.5 Å². The van der Waals surface area contributed by atoms with Crippen LogP contribution in [0, 0.1) is 11.7 Å². The van der Waals surface area contributed by atoms with Gasteiger partial charge in [-0.15, -0.1) is 0 Å². The molecule has 0 radical (unpaired) electrons. The van der Waals surface area contributed by atoms with Crippen molar-refractivity contribution >= 4 is 5.97 Å². The molecule has 3 rings (SSSR count). The predicted octanol–water partition coefficient (Wildman–Crippen LogP) is 5.66. The first-order valence-corrected chi connectivity index (χ1v) is 9.38. The van der Waals surface area contributed by atoms with E-state index in [4.69, 9.17) is 9.47 Å². The van der Waals surface area contributed by atoms with Crippen molar-refractivity contribution in [2.24, 2.45) is 5.92 Å². The van der Waals surface area contributed by atoms with Crippen molar-refractivity contribution < 1.29 is 18.7 Å². The minimum absolute atomic E-state index is 0.198. The molecule has 4 heteroatoms. The lowest BCUT2D eigenvalue weighted by atomic mass is 9.79. The molecule has 0 spiro atoms. The average Bonchev–Trinajstić information content (AvgIpc) is 2.68. The third-order valence-electron chi connectivity index (χ3n) is 5.05. The van der Waals surface area contributed by atoms with Gasteiger partial charge < -0.3 is 9.47 Å². The van der Waals surface area contributed by atoms with Gasteiger partial charge >= 0.3 is 5.97 Å². The number of hydrogen-bond donors (Lipinski definition) is 0. The van der Waals surface area contributed by atoms with Gasteiger partial charge in [0.2, 0.25) is 0 Å². The number of carbonyl (C=O) groups excluding carboxylic acids is 1. The van der Waals surface area contributed by atoms with Crippen LogP contribution in [0.1, 0.15) is 44.1 Å². The Labute approximate surface area is 159 Å². The van der Waals surface area contributed by atoms with Crippen LogP contribution in [0.3, 0.4) is 0 Å². The maximum atomic E-state index is 14.5. The van der Waals surface area contributed by atoms with E-state index in [-0.39, 0.29) is 23.1 Å². The minimum Gasteiger partial charge on any atom is -0.493 e. The summed E-state index contributed by atoms with van der Waals surface area (Å²) >= 11 is 0. The normalized spacial score (nSPS) is 19.3. The van der Waals surface area contributed by atoms with Crippen molar-refractivity contribution in [3.8, 4) is 11.5 Å². The van der Waals surface area contributed by atoms with Crippen LogP contribution in [0.5, 0.6) is 11.5 Å². The van der Waals surface area contributed by atoms with Gasteiger partial charge in [0, 0.05) is 11.6 Å². The van der Waals surface area contributed by atoms with Gasteiger partial charge in [0.1, 0.15) is 17.3 Å². The van der Waals surface area contributed by atoms with Gasteiger partial charge in [-0.25, -0.2) is 9.18 Å². The van der Waals surface area contributed by atoms with Crippen LogP contribution in [-0.4, -0.2) is 12.6 Å². The minimum atomic E-state index is -0.541. The number of hydrogen-bond acceptors (Lipinski definition) is 3. The van der Waals surface area contributed by atoms with E-state index in [1.54, 1.807) is 19.1 Å². The predicted molar refractivity (Wildman–Crippen MR) is 103 cm³/mol. The van der Waals surface area contributed by atoms with Crippen molar-refractivity contribution in [1.82, 2.24) is 0 Å². The summed E-state index contributed by atoms with van der Waals surface area (Å²) in [5.74, 6) is 0.955. The fourth-order valence-electron chi connectivity index (χ4n) is 3.47. The van der Waals surface area contributed by atoms with E-state index in [2.05, 4.69) is 6.58 Å². The van der Waals surface area contributed by atoms with Crippen LogP contribution in [-0.2, 0) is 4.79 Å². The molecule has 0 N–H and O–H groups in total. The van der Waals surface area contributed by atoms with Crippen LogP contribution >= 0.6 is 0 Å². The molecule has 2 aromatic rings. The Kier molecular flexibility index (Phi) is 6.28. The van der Waals surface area contributed by atoms with E-state index in [0.717, 1.165) is 31.4 Å². The van der Waals surface area contributed by atoms with E-state index in [0.29, 0.717) is 18.1 Å². The lowest BCUT2D eigenvalue weighted by Gasteiger charge is -2.29. The molecule has 0 heterocycles. The highest BCUT2D eigenvalue weighted by Crippen LogP contribution is 2.37. The molecule has 2 aromatic carbocycles. The summed E-state index contributed by atoms with van der Waals surface area (Å²) in [6.45, 7) is 5.79. The molecular weight excluding hydrogens is 343 g/mol. The molecule has 0 aliphatic heterocycles. The maximum Gasteiger partial charge on any atom is 0.338 e. The van der Waals surface area contributed by atoms with Gasteiger partial charge in [0.05, 0.1) is 6.61 Å². The third kappa shape index (κ3) is 5.19. The summed E-state index contributed by atoms with van der Waals surface area (Å²) in [6, 6.07) is 14.5. The number of carbonyl (C=O) groups is 1. The van der Waals surface area contributed by atoms with E-state index in [1.807, 2.05) is 30.3 Å². The quantitative estimate of drug-likeness (QED) is 0.375. The Hall–Kier alpha value is -2.62. The second-order valence-electron chi connectivity index (χ2n) is 7.19. The van der Waals surface area contributed by atoms with Crippen molar-refractivity contribution in [3.05, 3.63) is 72.1 Å². The fourth-order valence-corrected chi connectivity index (χ4v) is 3.47. The molecular formula is C23H25FO3. The molecule has 0 bridgehead atoms. The Morgan fingerprint density at radius 3 is 2.41 bits per heavy atom. The van der Waals surface area contributed by atoms with Gasteiger partial charge in [-0.2, -0.15) is 0 Å². The second-order valence-corrected chi connectivity index (χ2v) is 7.19. The number of rotatable bonds is 6. The first kappa shape index (κ1) is 19.2. The van der Waals surface area contributed by atoms with Gasteiger partial charge in [-0.05, 0) is 68.2 Å². The van der Waals surface area contributed by atoms with Gasteiger partial charge in [0.15, 0.2) is 0 Å². The third-order valence-corrected chi connectivity index (χ3v) is 5.05. The van der Waals surface area contributed by atoms with Crippen molar-refractivity contribution in [2.75, 3.05) is 6.61 Å². The van der Waals surface area contributed by atoms with E-state index in [9.17, 15) is 9.18 Å². The Balaban J connectivity index is 1.53. The summed E-state index contributed by atoms with van der Waals surface area (Å²) in [4.78, 5) is 11.6. The fraction of sp³-hybridized carbons (Fsp3) is 0.348. The highest BCUT2D eigenvalue weighted by atomic mass is 19.1. The zero-order chi connectivity index (χ0) is 19.2. The van der Waals surface area contributed by atoms with Crippen LogP contribution in [0.4, 0.5) is 4.39 Å². The van der Waals surface area contributed by atoms with Crippen LogP contribution in [0.15, 0.2) is 60.7 Å². The highest BCUT2D eigenvalue weighted by Gasteiger charge is 2.25. The average molecular weight is 368 g/mol. The summed E-state index contributed by atoms with van der Waals surface area (Å²) < 4.78 is 25.5. The Bertz CT molecular complexity index is 793. The lowest BCUT2D eigenvalue weighted by Crippen LogP contribution is -2.20. The smallest absolute Gasteiger partial charge is 0.338 e. The summed E-state index contributed by atoms with van der Waals surface area (Å²) in [7, 11) is 0. The standard InChI is InChI=1S/C23H25FO3/c1-16(2)23(25)27-20-12-13-21(22(24)14-20)18-10-8-17(9-11-18)15-26-19-6-4-3-5-7-19/h3-7,12-14,17-18H,1,8-11,15H2,2H3. The largest absolute Gasteiger partial charge is 0.493 e. The summed E-state index contributed by atoms with van der Waals surface area (Å²) in [5, 5.41) is 0. The molecule has 27 heavy (non-hydrogen) atoms. The number of ether oxygens (including phenoxy) is 2. The molecule has 1 saturated carbocycles. The van der Waals surface area contributed by atoms with Crippen molar-refractivity contribution in [2.45, 2.75) is 38.5 Å². The molecule has 0 atom stereocenters. The van der Waals surface area contributed by atoms with Crippen LogP contribution in [0.2, 0.25) is 0 Å². The maximum absolute atomic E-state index is 14.5. The molecule has 0 saturated heterocycles. The second kappa shape index (κ2) is 8.85. The monoisotopic (exact) mass is 368 g/mol. The molecule has 0 unspecified atom stereocenters. The van der Waals surface area contributed by atoms with E-state index < -0.39 is 5.97 Å². The Morgan fingerprint density at radius 2 is 1.78 bits per heavy atom. The summed E-state index contributed by atoms with van der Waals surface area (Å²) in [5.41, 5.74) is 0.989. The van der Waals surface area contributed by atoms with E-state index in [1.165, 1.54) is 6.07 Å². The van der Waals surface area contributed by atoms with Crippen molar-refractivity contribution in [3.63, 3.8) is 0 Å². The van der Waals surface area contributed by atoms with Gasteiger partial charge in [-0.1, -0.05) is 30.8 Å². The molecule has 1 fully saturated rings. The molecule has 142 valence electrons. The zero-order valence-electron chi connectivity index (χ0n) is 15.6. The number of benzene rings is 2. The summed E-state index contributed by atoms with van der Waals surface area (Å²) in [6.07, 6.45) is 3.90. The first-order chi connectivity index (χ1) is 13.0. The Morgan fingerprint density at radius 1 is 1.07 bits per heavy atom. The zero-order valence-corrected chi connectivity index (χ0v) is 15.6. The SMILES string of the molecule is C=C(C)C(=O)Oc1ccc(C2CCC(COc3ccccc3)CC2)c(F)c1. The van der Waals surface area contributed by atoms with Gasteiger partial charge in [0.25, 0.3) is 0 Å².